The van der Waals surface area contributed by atoms with E-state index in [1.807, 2.05) is 32.1 Å². The van der Waals surface area contributed by atoms with Gasteiger partial charge in [0, 0.05) is 44.3 Å². The molecule has 1 saturated carbocycles. The van der Waals surface area contributed by atoms with Crippen LogP contribution < -0.4 is 16.2 Å². The molecule has 208 valence electrons. The number of hydrogen-bond acceptors (Lipinski definition) is 5. The van der Waals surface area contributed by atoms with Gasteiger partial charge in [-0.3, -0.25) is 9.69 Å². The van der Waals surface area contributed by atoms with E-state index in [2.05, 4.69) is 15.5 Å². The van der Waals surface area contributed by atoms with Crippen LogP contribution in [0.4, 0.5) is 15.1 Å². The van der Waals surface area contributed by atoms with E-state index in [-0.39, 0.29) is 30.0 Å². The zero-order valence-corrected chi connectivity index (χ0v) is 23.0. The predicted octanol–water partition coefficient (Wildman–Crippen LogP) is 4.52. The number of anilines is 1. The molecule has 3 heterocycles. The number of fused-ring (bicyclic) bond motifs is 1. The Morgan fingerprint density at radius 2 is 1.85 bits per heavy atom. The topological polar surface area (TPSA) is 82.5 Å². The van der Waals surface area contributed by atoms with Gasteiger partial charge in [0.1, 0.15) is 5.82 Å². The highest BCUT2D eigenvalue weighted by molar-refractivity contribution is 5.75. The number of rotatable bonds is 7. The fraction of sp³-hybridized carbons (Fsp3) is 0.500. The minimum absolute atomic E-state index is 0.0560. The van der Waals surface area contributed by atoms with E-state index in [1.165, 1.54) is 31.4 Å². The molecule has 9 heteroatoms. The number of halogens is 1. The zero-order chi connectivity index (χ0) is 27.4. The molecule has 1 aromatic heterocycles. The first-order valence-electron chi connectivity index (χ1n) is 14.2. The number of carbonyl (C=O) groups excluding carboxylic acids is 1. The van der Waals surface area contributed by atoms with Crippen LogP contribution in [0.2, 0.25) is 0 Å². The summed E-state index contributed by atoms with van der Waals surface area (Å²) in [6, 6.07) is 6.74. The molecule has 39 heavy (non-hydrogen) atoms. The first-order valence-corrected chi connectivity index (χ1v) is 14.2. The van der Waals surface area contributed by atoms with E-state index < -0.39 is 0 Å². The van der Waals surface area contributed by atoms with Crippen LogP contribution in [0.1, 0.15) is 62.8 Å². The van der Waals surface area contributed by atoms with E-state index in [0.29, 0.717) is 30.5 Å². The van der Waals surface area contributed by atoms with Crippen LogP contribution >= 0.6 is 0 Å². The monoisotopic (exact) mass is 534 g/mol. The van der Waals surface area contributed by atoms with Crippen molar-refractivity contribution in [3.63, 3.8) is 0 Å². The molecule has 2 fully saturated rings. The van der Waals surface area contributed by atoms with Crippen molar-refractivity contribution in [3.05, 3.63) is 75.5 Å². The average molecular weight is 535 g/mol. The Bertz CT molecular complexity index is 1290. The van der Waals surface area contributed by atoms with Crippen LogP contribution in [0.25, 0.3) is 5.70 Å². The third-order valence-corrected chi connectivity index (χ3v) is 7.95. The maximum absolute atomic E-state index is 13.9. The normalized spacial score (nSPS) is 19.2. The molecule has 0 bridgehead atoms. The number of nitrogens with one attached hydrogen (secondary N) is 2. The maximum Gasteiger partial charge on any atom is 0.318 e. The lowest BCUT2D eigenvalue weighted by molar-refractivity contribution is 0.112. The number of aromatic nitrogens is 2. The van der Waals surface area contributed by atoms with E-state index >= 15 is 0 Å². The summed E-state index contributed by atoms with van der Waals surface area (Å²) in [7, 11) is 0. The first kappa shape index (κ1) is 27.1. The number of carbonyl (C=O) groups is 1. The summed E-state index contributed by atoms with van der Waals surface area (Å²) in [6.45, 7) is 6.83. The van der Waals surface area contributed by atoms with Crippen molar-refractivity contribution in [2.45, 2.75) is 77.5 Å². The summed E-state index contributed by atoms with van der Waals surface area (Å²) in [5, 5.41) is 6.69. The van der Waals surface area contributed by atoms with Gasteiger partial charge in [-0.25, -0.2) is 18.7 Å². The molecule has 5 rings (SSSR count). The van der Waals surface area contributed by atoms with Crippen molar-refractivity contribution in [1.82, 2.24) is 24.7 Å². The lowest BCUT2D eigenvalue weighted by Crippen LogP contribution is -2.61. The summed E-state index contributed by atoms with van der Waals surface area (Å²) in [5.41, 5.74) is 3.07. The third-order valence-electron chi connectivity index (χ3n) is 7.95. The average Bonchev–Trinajstić information content (AvgIpc) is 2.92. The molecular formula is C30H39FN6O2. The Morgan fingerprint density at radius 3 is 2.54 bits per heavy atom. The van der Waals surface area contributed by atoms with Crippen molar-refractivity contribution >= 4 is 17.7 Å². The smallest absolute Gasteiger partial charge is 0.318 e. The van der Waals surface area contributed by atoms with Gasteiger partial charge in [-0.15, -0.1) is 0 Å². The second-order valence-electron chi connectivity index (χ2n) is 10.8. The highest BCUT2D eigenvalue weighted by atomic mass is 19.1. The Hall–Kier alpha value is -3.46. The summed E-state index contributed by atoms with van der Waals surface area (Å²) in [4.78, 5) is 35.9. The van der Waals surface area contributed by atoms with Crippen LogP contribution in [-0.2, 0) is 19.5 Å². The second-order valence-corrected chi connectivity index (χ2v) is 10.8. The van der Waals surface area contributed by atoms with Gasteiger partial charge in [0.05, 0.1) is 23.8 Å². The molecule has 0 atom stereocenters. The lowest BCUT2D eigenvalue weighted by Gasteiger charge is -2.41. The van der Waals surface area contributed by atoms with Crippen LogP contribution in [0, 0.1) is 5.82 Å². The molecule has 0 spiro atoms. The number of benzene rings is 1. The molecule has 2 N–H and O–H groups in total. The SMILES string of the molecule is C/C=C\C(=C/C)n1c(NC2CCCCC2)nc2c(c1=O)CN(C(=O)NC1CN(Cc3ccc(F)cc3)C1)CC2. The van der Waals surface area contributed by atoms with E-state index in [0.717, 1.165) is 49.4 Å². The number of hydrogen-bond donors (Lipinski definition) is 2. The summed E-state index contributed by atoms with van der Waals surface area (Å²) in [6.07, 6.45) is 12.1. The van der Waals surface area contributed by atoms with Crippen LogP contribution in [0.5, 0.6) is 0 Å². The first-order chi connectivity index (χ1) is 18.9. The van der Waals surface area contributed by atoms with Crippen LogP contribution in [0.3, 0.4) is 0 Å². The standard InChI is InChI=1S/C30H39FN6O2/c1-3-8-25(4-2)37-28(38)26-20-36(16-15-27(26)34-29(37)32-23-9-6-5-7-10-23)30(39)33-24-18-35(19-24)17-21-11-13-22(31)14-12-21/h3-4,8,11-14,23-24H,5-7,9-10,15-20H2,1-2H3,(H,32,34)(H,33,39)/b8-3-,25-4+. The Morgan fingerprint density at radius 1 is 1.10 bits per heavy atom. The molecule has 2 amide bonds. The third kappa shape index (κ3) is 6.24. The fourth-order valence-corrected chi connectivity index (χ4v) is 5.79. The second kappa shape index (κ2) is 12.2. The molecule has 2 aromatic rings. The number of likely N-dealkylation sites (tertiary alicyclic amines) is 1. The number of allylic oxidation sites excluding steroid dienone is 4. The van der Waals surface area contributed by atoms with Gasteiger partial charge in [0.2, 0.25) is 5.95 Å². The largest absolute Gasteiger partial charge is 0.353 e. The maximum atomic E-state index is 13.9. The van der Waals surface area contributed by atoms with Gasteiger partial charge in [0.25, 0.3) is 5.56 Å². The van der Waals surface area contributed by atoms with Gasteiger partial charge < -0.3 is 15.5 Å². The number of urea groups is 1. The molecule has 3 aliphatic rings. The molecule has 8 nitrogen and oxygen atoms in total. The highest BCUT2D eigenvalue weighted by Crippen LogP contribution is 2.24. The highest BCUT2D eigenvalue weighted by Gasteiger charge is 2.32. The lowest BCUT2D eigenvalue weighted by atomic mass is 9.96. The minimum Gasteiger partial charge on any atom is -0.353 e. The van der Waals surface area contributed by atoms with Crippen molar-refractivity contribution in [2.24, 2.45) is 0 Å². The summed E-state index contributed by atoms with van der Waals surface area (Å²) in [5.74, 6) is 0.364. The van der Waals surface area contributed by atoms with Gasteiger partial charge in [0.15, 0.2) is 0 Å². The molecule has 0 unspecified atom stereocenters. The van der Waals surface area contributed by atoms with Gasteiger partial charge in [-0.2, -0.15) is 0 Å². The Balaban J connectivity index is 1.26. The molecule has 0 radical (unpaired) electrons. The Labute approximate surface area is 229 Å². The Kier molecular flexibility index (Phi) is 8.45. The van der Waals surface area contributed by atoms with E-state index in [9.17, 15) is 14.0 Å². The quantitative estimate of drug-likeness (QED) is 0.511. The van der Waals surface area contributed by atoms with Crippen molar-refractivity contribution in [1.29, 1.82) is 0 Å². The van der Waals surface area contributed by atoms with Crippen molar-refractivity contribution in [3.8, 4) is 0 Å². The number of amides is 2. The van der Waals surface area contributed by atoms with E-state index in [4.69, 9.17) is 4.98 Å². The van der Waals surface area contributed by atoms with Gasteiger partial charge >= 0.3 is 6.03 Å². The summed E-state index contributed by atoms with van der Waals surface area (Å²) >= 11 is 0. The molecule has 2 aliphatic heterocycles. The fourth-order valence-electron chi connectivity index (χ4n) is 5.79. The molecule has 1 aliphatic carbocycles. The van der Waals surface area contributed by atoms with Gasteiger partial charge in [-0.1, -0.05) is 43.5 Å². The van der Waals surface area contributed by atoms with E-state index in [1.54, 1.807) is 21.6 Å². The van der Waals surface area contributed by atoms with Gasteiger partial charge in [-0.05, 0) is 50.5 Å². The van der Waals surface area contributed by atoms with Crippen LogP contribution in [-0.4, -0.2) is 57.1 Å². The predicted molar refractivity (Wildman–Crippen MR) is 152 cm³/mol. The van der Waals surface area contributed by atoms with Crippen LogP contribution in [0.15, 0.2) is 47.3 Å². The summed E-state index contributed by atoms with van der Waals surface area (Å²) < 4.78 is 14.8. The molecular weight excluding hydrogens is 495 g/mol. The molecule has 1 aromatic carbocycles. The van der Waals surface area contributed by atoms with Crippen molar-refractivity contribution < 1.29 is 9.18 Å². The zero-order valence-electron chi connectivity index (χ0n) is 23.0. The minimum atomic E-state index is -0.238. The number of nitrogens with zero attached hydrogens (tertiary/aromatic N) is 4. The van der Waals surface area contributed by atoms with Crippen molar-refractivity contribution in [2.75, 3.05) is 25.0 Å². The molecule has 1 saturated heterocycles.